The zero-order chi connectivity index (χ0) is 14.2. The summed E-state index contributed by atoms with van der Waals surface area (Å²) in [6, 6.07) is 0. The first-order valence-electron chi connectivity index (χ1n) is 5.54. The van der Waals surface area contributed by atoms with Crippen molar-refractivity contribution < 1.29 is 16.8 Å². The Balaban J connectivity index is 3.90. The van der Waals surface area contributed by atoms with Gasteiger partial charge in [0.2, 0.25) is 10.0 Å². The molecule has 4 N–H and O–H groups in total. The Labute approximate surface area is 109 Å². The van der Waals surface area contributed by atoms with Crippen LogP contribution in [-0.2, 0) is 20.2 Å². The predicted molar refractivity (Wildman–Crippen MR) is 70.7 cm³/mol. The number of rotatable bonds is 10. The lowest BCUT2D eigenvalue weighted by molar-refractivity contribution is 0.452. The van der Waals surface area contributed by atoms with Crippen LogP contribution in [0.2, 0.25) is 0 Å². The van der Waals surface area contributed by atoms with Gasteiger partial charge in [0.25, 0.3) is 10.2 Å². The van der Waals surface area contributed by atoms with E-state index in [1.165, 1.54) is 11.4 Å². The number of hydrogen-bond donors (Lipinski definition) is 3. The Morgan fingerprint density at radius 3 is 2.11 bits per heavy atom. The van der Waals surface area contributed by atoms with Gasteiger partial charge >= 0.3 is 0 Å². The maximum atomic E-state index is 11.6. The molecule has 0 saturated heterocycles. The highest BCUT2D eigenvalue weighted by molar-refractivity contribution is 7.88. The Bertz CT molecular complexity index is 420. The Morgan fingerprint density at radius 1 is 1.06 bits per heavy atom. The summed E-state index contributed by atoms with van der Waals surface area (Å²) in [5.41, 5.74) is 5.29. The Kier molecular flexibility index (Phi) is 7.90. The lowest BCUT2D eigenvalue weighted by atomic mass is 10.4. The second-order valence-corrected chi connectivity index (χ2v) is 7.58. The molecule has 110 valence electrons. The zero-order valence-corrected chi connectivity index (χ0v) is 12.3. The molecule has 0 aliphatic carbocycles. The van der Waals surface area contributed by atoms with Crippen molar-refractivity contribution in [3.8, 4) is 0 Å². The van der Waals surface area contributed by atoms with Crippen molar-refractivity contribution in [2.75, 3.05) is 39.5 Å². The molecule has 0 amide bonds. The van der Waals surface area contributed by atoms with Gasteiger partial charge in [0.15, 0.2) is 0 Å². The third-order valence-corrected chi connectivity index (χ3v) is 4.39. The summed E-state index contributed by atoms with van der Waals surface area (Å²) >= 11 is 0. The van der Waals surface area contributed by atoms with Gasteiger partial charge in [-0.15, -0.1) is 0 Å². The molecule has 0 aliphatic rings. The monoisotopic (exact) mass is 302 g/mol. The molecule has 0 spiro atoms. The number of nitrogens with two attached hydrogens (primary N) is 1. The van der Waals surface area contributed by atoms with Gasteiger partial charge in [-0.3, -0.25) is 0 Å². The minimum atomic E-state index is -3.50. The first kappa shape index (κ1) is 17.7. The van der Waals surface area contributed by atoms with Crippen molar-refractivity contribution in [3.63, 3.8) is 0 Å². The minimum Gasteiger partial charge on any atom is -0.330 e. The van der Waals surface area contributed by atoms with E-state index in [0.29, 0.717) is 25.9 Å². The molecule has 0 rings (SSSR count). The molecule has 0 saturated carbocycles. The molecule has 8 nitrogen and oxygen atoms in total. The van der Waals surface area contributed by atoms with E-state index in [-0.39, 0.29) is 13.1 Å². The van der Waals surface area contributed by atoms with E-state index in [9.17, 15) is 16.8 Å². The lowest BCUT2D eigenvalue weighted by Gasteiger charge is -2.17. The van der Waals surface area contributed by atoms with Crippen LogP contribution in [0, 0.1) is 0 Å². The highest BCUT2D eigenvalue weighted by Gasteiger charge is 2.15. The quantitative estimate of drug-likeness (QED) is 0.405. The van der Waals surface area contributed by atoms with Gasteiger partial charge in [-0.1, -0.05) is 0 Å². The zero-order valence-electron chi connectivity index (χ0n) is 10.7. The molecule has 0 fully saturated rings. The number of hydrogen-bond acceptors (Lipinski definition) is 5. The van der Waals surface area contributed by atoms with E-state index in [0.717, 1.165) is 6.26 Å². The standard InChI is InChI=1S/C8H22N4O4S2/c1-12(8-3-5-9)18(15,16)11-7-4-6-10-17(2,13)14/h10-11H,3-9H2,1-2H3. The van der Waals surface area contributed by atoms with Crippen molar-refractivity contribution in [1.29, 1.82) is 0 Å². The average Bonchev–Trinajstić information content (AvgIpc) is 2.23. The van der Waals surface area contributed by atoms with Crippen molar-refractivity contribution >= 4 is 20.2 Å². The molecule has 0 unspecified atom stereocenters. The van der Waals surface area contributed by atoms with E-state index in [4.69, 9.17) is 5.73 Å². The molecule has 0 atom stereocenters. The number of nitrogens with one attached hydrogen (secondary N) is 2. The first-order valence-corrected chi connectivity index (χ1v) is 8.88. The summed E-state index contributed by atoms with van der Waals surface area (Å²) in [5, 5.41) is 0. The van der Waals surface area contributed by atoms with Crippen LogP contribution in [0.1, 0.15) is 12.8 Å². The summed E-state index contributed by atoms with van der Waals surface area (Å²) in [7, 11) is -5.25. The summed E-state index contributed by atoms with van der Waals surface area (Å²) in [6.45, 7) is 1.16. The second kappa shape index (κ2) is 8.02. The fourth-order valence-corrected chi connectivity index (χ4v) is 2.60. The second-order valence-electron chi connectivity index (χ2n) is 3.88. The number of nitrogens with zero attached hydrogens (tertiary/aromatic N) is 1. The van der Waals surface area contributed by atoms with Crippen molar-refractivity contribution in [2.24, 2.45) is 5.73 Å². The molecular weight excluding hydrogens is 280 g/mol. The fraction of sp³-hybridized carbons (Fsp3) is 1.00. The van der Waals surface area contributed by atoms with Crippen LogP contribution < -0.4 is 15.2 Å². The average molecular weight is 302 g/mol. The van der Waals surface area contributed by atoms with Crippen molar-refractivity contribution in [1.82, 2.24) is 13.7 Å². The van der Waals surface area contributed by atoms with Gasteiger partial charge in [0.05, 0.1) is 6.26 Å². The van der Waals surface area contributed by atoms with Crippen LogP contribution in [0.4, 0.5) is 0 Å². The highest BCUT2D eigenvalue weighted by Crippen LogP contribution is 1.95. The smallest absolute Gasteiger partial charge is 0.279 e. The molecule has 0 aliphatic heterocycles. The van der Waals surface area contributed by atoms with Crippen LogP contribution in [-0.4, -0.2) is 60.6 Å². The first-order chi connectivity index (χ1) is 8.19. The van der Waals surface area contributed by atoms with Gasteiger partial charge in [-0.2, -0.15) is 12.7 Å². The number of sulfonamides is 1. The highest BCUT2D eigenvalue weighted by atomic mass is 32.2. The van der Waals surface area contributed by atoms with Gasteiger partial charge in [-0.05, 0) is 19.4 Å². The molecular formula is C8H22N4O4S2. The molecule has 0 aromatic carbocycles. The van der Waals surface area contributed by atoms with Crippen LogP contribution in [0.25, 0.3) is 0 Å². The van der Waals surface area contributed by atoms with E-state index in [2.05, 4.69) is 9.44 Å². The van der Waals surface area contributed by atoms with Gasteiger partial charge in [0.1, 0.15) is 0 Å². The van der Waals surface area contributed by atoms with E-state index < -0.39 is 20.2 Å². The van der Waals surface area contributed by atoms with E-state index in [1.54, 1.807) is 0 Å². The summed E-state index contributed by atoms with van der Waals surface area (Å²) < 4.78 is 50.6. The molecule has 0 radical (unpaired) electrons. The minimum absolute atomic E-state index is 0.178. The fourth-order valence-electron chi connectivity index (χ4n) is 1.09. The molecule has 0 heterocycles. The Hall–Kier alpha value is -0.260. The molecule has 0 aromatic heterocycles. The van der Waals surface area contributed by atoms with Crippen LogP contribution in [0.15, 0.2) is 0 Å². The Morgan fingerprint density at radius 2 is 1.61 bits per heavy atom. The van der Waals surface area contributed by atoms with Crippen LogP contribution in [0.5, 0.6) is 0 Å². The maximum absolute atomic E-state index is 11.6. The summed E-state index contributed by atoms with van der Waals surface area (Å²) in [5.74, 6) is 0. The van der Waals surface area contributed by atoms with Crippen LogP contribution >= 0.6 is 0 Å². The third kappa shape index (κ3) is 8.78. The van der Waals surface area contributed by atoms with Crippen molar-refractivity contribution in [3.05, 3.63) is 0 Å². The molecule has 10 heteroatoms. The van der Waals surface area contributed by atoms with Crippen LogP contribution in [0.3, 0.4) is 0 Å². The molecule has 0 bridgehead atoms. The third-order valence-electron chi connectivity index (χ3n) is 2.09. The topological polar surface area (TPSA) is 122 Å². The van der Waals surface area contributed by atoms with Gasteiger partial charge < -0.3 is 5.73 Å². The van der Waals surface area contributed by atoms with Gasteiger partial charge in [-0.25, -0.2) is 17.9 Å². The molecule has 0 aromatic rings. The predicted octanol–water partition coefficient (Wildman–Crippen LogP) is -1.96. The van der Waals surface area contributed by atoms with E-state index in [1.807, 2.05) is 0 Å². The van der Waals surface area contributed by atoms with Crippen molar-refractivity contribution in [2.45, 2.75) is 12.8 Å². The summed E-state index contributed by atoms with van der Waals surface area (Å²) in [4.78, 5) is 0. The molecule has 18 heavy (non-hydrogen) atoms. The SMILES string of the molecule is CN(CCCN)S(=O)(=O)NCCCNS(C)(=O)=O. The normalized spacial score (nSPS) is 13.1. The largest absolute Gasteiger partial charge is 0.330 e. The summed E-state index contributed by atoms with van der Waals surface area (Å²) in [6.07, 6.45) is 2.03. The van der Waals surface area contributed by atoms with E-state index >= 15 is 0 Å². The maximum Gasteiger partial charge on any atom is 0.279 e. The lowest BCUT2D eigenvalue weighted by Crippen LogP contribution is -2.40. The van der Waals surface area contributed by atoms with Gasteiger partial charge in [0, 0.05) is 26.7 Å².